The Labute approximate surface area is 161 Å². The second-order valence-electron chi connectivity index (χ2n) is 7.84. The molecule has 7 heteroatoms. The summed E-state index contributed by atoms with van der Waals surface area (Å²) in [5.41, 5.74) is 0.450. The molecule has 2 aliphatic rings. The highest BCUT2D eigenvalue weighted by atomic mass is 19.1. The largest absolute Gasteiger partial charge is 0.507 e. The third kappa shape index (κ3) is 2.78. The van der Waals surface area contributed by atoms with Crippen molar-refractivity contribution in [3.63, 3.8) is 0 Å². The van der Waals surface area contributed by atoms with Crippen molar-refractivity contribution in [2.45, 2.75) is 32.0 Å². The molecule has 2 heterocycles. The van der Waals surface area contributed by atoms with Gasteiger partial charge >= 0.3 is 6.01 Å². The lowest BCUT2D eigenvalue weighted by Gasteiger charge is -2.38. The number of hydrogen-bond donors (Lipinski definition) is 1. The maximum Gasteiger partial charge on any atom is 0.336 e. The number of pyridine rings is 1. The number of alkyl halides is 1. The predicted octanol–water partition coefficient (Wildman–Crippen LogP) is 3.86. The van der Waals surface area contributed by atoms with Crippen molar-refractivity contribution in [2.24, 2.45) is 11.3 Å². The first-order valence-corrected chi connectivity index (χ1v) is 9.29. The van der Waals surface area contributed by atoms with Crippen molar-refractivity contribution >= 4 is 10.8 Å². The maximum absolute atomic E-state index is 14.9. The molecule has 4 atom stereocenters. The van der Waals surface area contributed by atoms with Crippen LogP contribution in [0.2, 0.25) is 0 Å². The number of hydrogen-bond acceptors (Lipinski definition) is 6. The molecular weight excluding hydrogens is 359 g/mol. The van der Waals surface area contributed by atoms with E-state index in [2.05, 4.69) is 26.2 Å². The van der Waals surface area contributed by atoms with Gasteiger partial charge < -0.3 is 9.84 Å². The molecule has 1 fully saturated rings. The lowest BCUT2D eigenvalue weighted by atomic mass is 9.73. The van der Waals surface area contributed by atoms with E-state index in [1.54, 1.807) is 18.5 Å². The van der Waals surface area contributed by atoms with Gasteiger partial charge in [-0.05, 0) is 42.3 Å². The van der Waals surface area contributed by atoms with Crippen LogP contribution in [0.25, 0.3) is 22.0 Å². The Morgan fingerprint density at radius 2 is 2.11 bits per heavy atom. The standard InChI is InChI=1S/C21H19FN4O2/c1-21-4-2-12(9-21)6-18(19(21)22)28-20-24-11-16(25-26-20)15-7-13-3-5-23-10-14(13)8-17(15)27/h2-5,7-8,10-12,18-19,27H,6,9H2,1H3/t12-,18-,19+,21-/m0/s1. The minimum atomic E-state index is -1.11. The molecule has 142 valence electrons. The highest BCUT2D eigenvalue weighted by Gasteiger charge is 2.49. The van der Waals surface area contributed by atoms with E-state index in [4.69, 9.17) is 4.74 Å². The summed E-state index contributed by atoms with van der Waals surface area (Å²) >= 11 is 0. The fourth-order valence-electron chi connectivity index (χ4n) is 4.28. The number of allylic oxidation sites excluding steroid dienone is 2. The Morgan fingerprint density at radius 3 is 2.93 bits per heavy atom. The molecule has 0 saturated heterocycles. The molecule has 2 aromatic heterocycles. The van der Waals surface area contributed by atoms with Gasteiger partial charge in [-0.15, -0.1) is 5.10 Å². The molecule has 3 aromatic rings. The van der Waals surface area contributed by atoms with Crippen molar-refractivity contribution in [1.29, 1.82) is 0 Å². The van der Waals surface area contributed by atoms with Crippen LogP contribution in [-0.2, 0) is 0 Å². The lowest BCUT2D eigenvalue weighted by Crippen LogP contribution is -2.44. The zero-order valence-electron chi connectivity index (χ0n) is 15.3. The van der Waals surface area contributed by atoms with E-state index < -0.39 is 17.7 Å². The van der Waals surface area contributed by atoms with Crippen molar-refractivity contribution in [1.82, 2.24) is 20.2 Å². The molecule has 0 radical (unpaired) electrons. The normalized spacial score (nSPS) is 28.6. The van der Waals surface area contributed by atoms with Gasteiger partial charge in [0.1, 0.15) is 23.7 Å². The van der Waals surface area contributed by atoms with E-state index in [-0.39, 0.29) is 11.8 Å². The minimum absolute atomic E-state index is 0.0470. The predicted molar refractivity (Wildman–Crippen MR) is 102 cm³/mol. The number of fused-ring (bicyclic) bond motifs is 3. The van der Waals surface area contributed by atoms with E-state index >= 15 is 0 Å². The van der Waals surface area contributed by atoms with Gasteiger partial charge in [-0.2, -0.15) is 0 Å². The van der Waals surface area contributed by atoms with Crippen LogP contribution in [-0.4, -0.2) is 37.5 Å². The Bertz CT molecular complexity index is 1070. The van der Waals surface area contributed by atoms with Gasteiger partial charge in [0.05, 0.1) is 6.20 Å². The third-order valence-corrected chi connectivity index (χ3v) is 5.77. The highest BCUT2D eigenvalue weighted by Crippen LogP contribution is 2.48. The number of benzene rings is 1. The molecule has 5 rings (SSSR count). The van der Waals surface area contributed by atoms with Crippen LogP contribution in [0.3, 0.4) is 0 Å². The van der Waals surface area contributed by atoms with Crippen molar-refractivity contribution in [3.8, 4) is 23.0 Å². The number of halogens is 1. The van der Waals surface area contributed by atoms with Crippen LogP contribution in [0.5, 0.6) is 11.8 Å². The van der Waals surface area contributed by atoms with Crippen LogP contribution in [0.15, 0.2) is 48.9 Å². The molecule has 0 spiro atoms. The summed E-state index contributed by atoms with van der Waals surface area (Å²) in [6.07, 6.45) is 8.62. The lowest BCUT2D eigenvalue weighted by molar-refractivity contribution is -0.0126. The second kappa shape index (κ2) is 6.22. The summed E-state index contributed by atoms with van der Waals surface area (Å²) in [7, 11) is 0. The van der Waals surface area contributed by atoms with Gasteiger partial charge in [-0.3, -0.25) is 4.98 Å². The van der Waals surface area contributed by atoms with Gasteiger partial charge in [-0.1, -0.05) is 24.2 Å². The first kappa shape index (κ1) is 17.0. The number of aromatic hydroxyl groups is 1. The molecule has 28 heavy (non-hydrogen) atoms. The highest BCUT2D eigenvalue weighted by molar-refractivity contribution is 5.89. The Kier molecular flexibility index (Phi) is 3.79. The number of phenolic OH excluding ortho intramolecular Hbond substituents is 1. The number of phenols is 1. The van der Waals surface area contributed by atoms with Crippen LogP contribution < -0.4 is 4.74 Å². The van der Waals surface area contributed by atoms with Gasteiger partial charge in [0.15, 0.2) is 0 Å². The van der Waals surface area contributed by atoms with E-state index in [0.717, 1.165) is 17.2 Å². The molecule has 1 aromatic carbocycles. The average Bonchev–Trinajstić information content (AvgIpc) is 3.04. The summed E-state index contributed by atoms with van der Waals surface area (Å²) in [5.74, 6) is 0.398. The fraction of sp³-hybridized carbons (Fsp3) is 0.333. The molecule has 1 N–H and O–H groups in total. The minimum Gasteiger partial charge on any atom is -0.507 e. The SMILES string of the molecule is C[C@@]12C=C[C@@H](C[C@H](Oc3ncc(-c4cc5ccncc5cc4O)nn3)[C@H]1F)C2. The smallest absolute Gasteiger partial charge is 0.336 e. The quantitative estimate of drug-likeness (QED) is 0.697. The Balaban J connectivity index is 1.39. The van der Waals surface area contributed by atoms with Gasteiger partial charge in [0, 0.05) is 28.8 Å². The van der Waals surface area contributed by atoms with Crippen LogP contribution in [0.1, 0.15) is 19.8 Å². The van der Waals surface area contributed by atoms with Crippen molar-refractivity contribution in [3.05, 3.63) is 48.9 Å². The summed E-state index contributed by atoms with van der Waals surface area (Å²) in [6.45, 7) is 1.92. The molecule has 1 saturated carbocycles. The molecule has 6 nitrogen and oxygen atoms in total. The van der Waals surface area contributed by atoms with Gasteiger partial charge in [0.2, 0.25) is 0 Å². The second-order valence-corrected chi connectivity index (χ2v) is 7.84. The third-order valence-electron chi connectivity index (χ3n) is 5.77. The number of aromatic nitrogens is 4. The molecule has 0 aliphatic heterocycles. The number of rotatable bonds is 3. The summed E-state index contributed by atoms with van der Waals surface area (Å²) in [5, 5.41) is 20.2. The fourth-order valence-corrected chi connectivity index (χ4v) is 4.28. The molecular formula is C21H19FN4O2. The number of nitrogens with zero attached hydrogens (tertiary/aromatic N) is 4. The van der Waals surface area contributed by atoms with Crippen LogP contribution in [0, 0.1) is 11.3 Å². The van der Waals surface area contributed by atoms with E-state index in [9.17, 15) is 9.50 Å². The van der Waals surface area contributed by atoms with Crippen molar-refractivity contribution in [2.75, 3.05) is 0 Å². The molecule has 2 aliphatic carbocycles. The average molecular weight is 378 g/mol. The first-order chi connectivity index (χ1) is 13.5. The summed E-state index contributed by atoms with van der Waals surface area (Å²) < 4.78 is 20.6. The topological polar surface area (TPSA) is 81.0 Å². The van der Waals surface area contributed by atoms with Gasteiger partial charge in [-0.25, -0.2) is 9.37 Å². The summed E-state index contributed by atoms with van der Waals surface area (Å²) in [6, 6.07) is 5.33. The van der Waals surface area contributed by atoms with Crippen LogP contribution in [0.4, 0.5) is 4.39 Å². The monoisotopic (exact) mass is 378 g/mol. The molecule has 0 amide bonds. The van der Waals surface area contributed by atoms with Crippen LogP contribution >= 0.6 is 0 Å². The molecule has 0 unspecified atom stereocenters. The van der Waals surface area contributed by atoms with E-state index in [1.165, 1.54) is 6.20 Å². The van der Waals surface area contributed by atoms with Gasteiger partial charge in [0.25, 0.3) is 0 Å². The zero-order valence-corrected chi connectivity index (χ0v) is 15.3. The maximum atomic E-state index is 14.9. The summed E-state index contributed by atoms with van der Waals surface area (Å²) in [4.78, 5) is 8.24. The number of ether oxygens (including phenoxy) is 1. The van der Waals surface area contributed by atoms with Crippen molar-refractivity contribution < 1.29 is 14.2 Å². The van der Waals surface area contributed by atoms with E-state index in [1.807, 2.05) is 25.1 Å². The Hall–Kier alpha value is -3.09. The Morgan fingerprint density at radius 1 is 1.21 bits per heavy atom. The zero-order chi connectivity index (χ0) is 19.3. The first-order valence-electron chi connectivity index (χ1n) is 9.29. The van der Waals surface area contributed by atoms with E-state index in [0.29, 0.717) is 23.6 Å². The molecule has 2 bridgehead atoms.